The van der Waals surface area contributed by atoms with Crippen molar-refractivity contribution in [2.45, 2.75) is 33.3 Å². The normalized spacial score (nSPS) is 16.5. The summed E-state index contributed by atoms with van der Waals surface area (Å²) in [6.45, 7) is 5.49. The minimum Gasteiger partial charge on any atom is -0.452 e. The zero-order valence-corrected chi connectivity index (χ0v) is 17.7. The number of nitrogens with zero attached hydrogens (tertiary/aromatic N) is 1. The molecule has 1 aliphatic heterocycles. The van der Waals surface area contributed by atoms with E-state index in [1.165, 1.54) is 6.92 Å². The van der Waals surface area contributed by atoms with Crippen LogP contribution in [0.2, 0.25) is 0 Å². The SMILES string of the molecule is Cc1cccc(N2C[C@H](C(=O)O[C@H](C)C(=O)NNC(=O)c3ccccc3)CC2=O)c1C. The van der Waals surface area contributed by atoms with Crippen molar-refractivity contribution in [2.75, 3.05) is 11.4 Å². The standard InChI is InChI=1S/C23H25N3O5/c1-14-8-7-11-19(15(14)2)26-13-18(12-20(26)27)23(30)31-16(3)21(28)24-25-22(29)17-9-5-4-6-10-17/h4-11,16,18H,12-13H2,1-3H3,(H,24,28)(H,25,29)/t16-,18-/m1/s1. The minimum atomic E-state index is -1.13. The van der Waals surface area contributed by atoms with Gasteiger partial charge in [-0.3, -0.25) is 30.0 Å². The zero-order chi connectivity index (χ0) is 22.5. The van der Waals surface area contributed by atoms with Gasteiger partial charge < -0.3 is 9.64 Å². The van der Waals surface area contributed by atoms with Crippen molar-refractivity contribution in [2.24, 2.45) is 5.92 Å². The lowest BCUT2D eigenvalue weighted by Gasteiger charge is -2.20. The molecule has 31 heavy (non-hydrogen) atoms. The number of esters is 1. The minimum absolute atomic E-state index is 0.0191. The third-order valence-electron chi connectivity index (χ3n) is 5.32. The van der Waals surface area contributed by atoms with Crippen LogP contribution in [0.15, 0.2) is 48.5 Å². The van der Waals surface area contributed by atoms with Gasteiger partial charge in [0, 0.05) is 24.2 Å². The van der Waals surface area contributed by atoms with Crippen LogP contribution in [0.25, 0.3) is 0 Å². The van der Waals surface area contributed by atoms with Gasteiger partial charge in [0.25, 0.3) is 11.8 Å². The molecule has 0 radical (unpaired) electrons. The summed E-state index contributed by atoms with van der Waals surface area (Å²) >= 11 is 0. The van der Waals surface area contributed by atoms with Gasteiger partial charge in [-0.25, -0.2) is 0 Å². The zero-order valence-electron chi connectivity index (χ0n) is 17.7. The van der Waals surface area contributed by atoms with Crippen LogP contribution in [-0.2, 0) is 19.1 Å². The molecule has 0 aromatic heterocycles. The van der Waals surface area contributed by atoms with Gasteiger partial charge >= 0.3 is 5.97 Å². The number of ether oxygens (including phenoxy) is 1. The van der Waals surface area contributed by atoms with E-state index >= 15 is 0 Å². The van der Waals surface area contributed by atoms with Crippen LogP contribution in [0.5, 0.6) is 0 Å². The van der Waals surface area contributed by atoms with Gasteiger partial charge in [-0.05, 0) is 50.1 Å². The lowest BCUT2D eigenvalue weighted by Crippen LogP contribution is -2.47. The maximum absolute atomic E-state index is 12.5. The van der Waals surface area contributed by atoms with Gasteiger partial charge in [-0.15, -0.1) is 0 Å². The summed E-state index contributed by atoms with van der Waals surface area (Å²) in [6.07, 6.45) is -1.11. The molecule has 0 unspecified atom stereocenters. The first kappa shape index (κ1) is 22.0. The van der Waals surface area contributed by atoms with E-state index in [4.69, 9.17) is 4.74 Å². The van der Waals surface area contributed by atoms with Gasteiger partial charge in [0.1, 0.15) is 0 Å². The Bertz CT molecular complexity index is 1010. The number of anilines is 1. The molecule has 2 aromatic carbocycles. The van der Waals surface area contributed by atoms with Gasteiger partial charge in [-0.2, -0.15) is 0 Å². The maximum atomic E-state index is 12.5. The maximum Gasteiger partial charge on any atom is 0.312 e. The highest BCUT2D eigenvalue weighted by Crippen LogP contribution is 2.30. The van der Waals surface area contributed by atoms with Crippen LogP contribution in [0.4, 0.5) is 5.69 Å². The number of hydrogen-bond acceptors (Lipinski definition) is 5. The van der Waals surface area contributed by atoms with Crippen molar-refractivity contribution < 1.29 is 23.9 Å². The number of hydrazine groups is 1. The fraction of sp³-hybridized carbons (Fsp3) is 0.304. The Kier molecular flexibility index (Phi) is 6.69. The van der Waals surface area contributed by atoms with Gasteiger partial charge in [0.15, 0.2) is 6.10 Å². The van der Waals surface area contributed by atoms with Crippen molar-refractivity contribution in [3.8, 4) is 0 Å². The summed E-state index contributed by atoms with van der Waals surface area (Å²) in [5, 5.41) is 0. The van der Waals surface area contributed by atoms with Crippen LogP contribution in [0.3, 0.4) is 0 Å². The Labute approximate surface area is 180 Å². The van der Waals surface area contributed by atoms with E-state index in [1.54, 1.807) is 35.2 Å². The fourth-order valence-corrected chi connectivity index (χ4v) is 3.33. The highest BCUT2D eigenvalue weighted by molar-refractivity contribution is 6.00. The van der Waals surface area contributed by atoms with E-state index in [2.05, 4.69) is 10.9 Å². The second kappa shape index (κ2) is 9.42. The Morgan fingerprint density at radius 3 is 2.45 bits per heavy atom. The summed E-state index contributed by atoms with van der Waals surface area (Å²) in [6, 6.07) is 14.0. The van der Waals surface area contributed by atoms with Crippen LogP contribution < -0.4 is 15.8 Å². The summed E-state index contributed by atoms with van der Waals surface area (Å²) in [5.74, 6) is -2.62. The van der Waals surface area contributed by atoms with Crippen molar-refractivity contribution in [1.29, 1.82) is 0 Å². The molecular weight excluding hydrogens is 398 g/mol. The molecule has 0 spiro atoms. The number of carbonyl (C=O) groups is 4. The molecule has 3 rings (SSSR count). The molecule has 2 N–H and O–H groups in total. The molecular formula is C23H25N3O5. The Hall–Kier alpha value is -3.68. The summed E-state index contributed by atoms with van der Waals surface area (Å²) in [5.41, 5.74) is 7.70. The first-order valence-electron chi connectivity index (χ1n) is 10.00. The molecule has 2 atom stereocenters. The first-order chi connectivity index (χ1) is 14.8. The largest absolute Gasteiger partial charge is 0.452 e. The molecule has 2 aromatic rings. The molecule has 1 aliphatic rings. The number of benzene rings is 2. The molecule has 0 saturated carbocycles. The van der Waals surface area contributed by atoms with Crippen molar-refractivity contribution >= 4 is 29.4 Å². The monoisotopic (exact) mass is 423 g/mol. The average molecular weight is 423 g/mol. The average Bonchev–Trinajstić information content (AvgIpc) is 3.15. The number of rotatable bonds is 5. The third-order valence-corrected chi connectivity index (χ3v) is 5.32. The number of hydrogen-bond donors (Lipinski definition) is 2. The van der Waals surface area contributed by atoms with Gasteiger partial charge in [0.05, 0.1) is 5.92 Å². The number of aryl methyl sites for hydroxylation is 1. The van der Waals surface area contributed by atoms with Crippen LogP contribution in [-0.4, -0.2) is 36.3 Å². The molecule has 8 nitrogen and oxygen atoms in total. The molecule has 1 heterocycles. The lowest BCUT2D eigenvalue weighted by atomic mass is 10.1. The second-order valence-corrected chi connectivity index (χ2v) is 7.51. The van der Waals surface area contributed by atoms with E-state index in [0.717, 1.165) is 16.8 Å². The summed E-state index contributed by atoms with van der Waals surface area (Å²) in [4.78, 5) is 50.8. The van der Waals surface area contributed by atoms with Crippen molar-refractivity contribution in [3.63, 3.8) is 0 Å². The fourth-order valence-electron chi connectivity index (χ4n) is 3.33. The third kappa shape index (κ3) is 5.09. The quantitative estimate of drug-likeness (QED) is 0.566. The topological polar surface area (TPSA) is 105 Å². The Balaban J connectivity index is 1.53. The van der Waals surface area contributed by atoms with Crippen LogP contribution >= 0.6 is 0 Å². The van der Waals surface area contributed by atoms with Crippen molar-refractivity contribution in [3.05, 3.63) is 65.2 Å². The molecule has 1 saturated heterocycles. The van der Waals surface area contributed by atoms with Crippen LogP contribution in [0, 0.1) is 19.8 Å². The molecule has 8 heteroatoms. The Morgan fingerprint density at radius 2 is 1.74 bits per heavy atom. The van der Waals surface area contributed by atoms with Gasteiger partial charge in [0.2, 0.25) is 5.91 Å². The Morgan fingerprint density at radius 1 is 1.03 bits per heavy atom. The first-order valence-corrected chi connectivity index (χ1v) is 10.00. The number of amides is 3. The molecule has 0 aliphatic carbocycles. The number of nitrogens with one attached hydrogen (secondary N) is 2. The molecule has 1 fully saturated rings. The lowest BCUT2D eigenvalue weighted by molar-refractivity contribution is -0.158. The molecule has 0 bridgehead atoms. The summed E-state index contributed by atoms with van der Waals surface area (Å²) < 4.78 is 5.24. The number of carbonyl (C=O) groups excluding carboxylic acids is 4. The highest BCUT2D eigenvalue weighted by Gasteiger charge is 2.37. The predicted molar refractivity (Wildman–Crippen MR) is 114 cm³/mol. The van der Waals surface area contributed by atoms with E-state index in [0.29, 0.717) is 5.56 Å². The molecule has 162 valence electrons. The van der Waals surface area contributed by atoms with E-state index < -0.39 is 29.8 Å². The second-order valence-electron chi connectivity index (χ2n) is 7.51. The summed E-state index contributed by atoms with van der Waals surface area (Å²) in [7, 11) is 0. The van der Waals surface area contributed by atoms with Gasteiger partial charge in [-0.1, -0.05) is 30.3 Å². The van der Waals surface area contributed by atoms with Crippen LogP contribution in [0.1, 0.15) is 34.8 Å². The van der Waals surface area contributed by atoms with Crippen molar-refractivity contribution in [1.82, 2.24) is 10.9 Å². The highest BCUT2D eigenvalue weighted by atomic mass is 16.5. The van der Waals surface area contributed by atoms with E-state index in [1.807, 2.05) is 32.0 Å². The smallest absolute Gasteiger partial charge is 0.312 e. The van der Waals surface area contributed by atoms with E-state index in [9.17, 15) is 19.2 Å². The molecule has 3 amide bonds. The predicted octanol–water partition coefficient (Wildman–Crippen LogP) is 2.05. The van der Waals surface area contributed by atoms with E-state index in [-0.39, 0.29) is 18.9 Å².